The zero-order valence-corrected chi connectivity index (χ0v) is 17.4. The number of nitrogens with one attached hydrogen (secondary N) is 1. The zero-order chi connectivity index (χ0) is 20.5. The number of amides is 1. The van der Waals surface area contributed by atoms with Crippen LogP contribution in [-0.4, -0.2) is 41.5 Å². The number of nitrogens with zero attached hydrogens (tertiary/aromatic N) is 2. The molecule has 0 aliphatic heterocycles. The summed E-state index contributed by atoms with van der Waals surface area (Å²) in [6.45, 7) is 2.86. The quantitative estimate of drug-likeness (QED) is 0.773. The average molecular weight is 399 g/mol. The van der Waals surface area contributed by atoms with E-state index in [0.29, 0.717) is 53.7 Å². The highest BCUT2D eigenvalue weighted by Gasteiger charge is 2.40. The fraction of sp³-hybridized carbons (Fsp3) is 0.591. The molecule has 2 aliphatic carbocycles. The number of hydrogen-bond donors (Lipinski definition) is 1. The maximum absolute atomic E-state index is 12.9. The van der Waals surface area contributed by atoms with E-state index in [0.717, 1.165) is 11.8 Å². The van der Waals surface area contributed by atoms with Crippen molar-refractivity contribution in [2.75, 3.05) is 20.8 Å². The van der Waals surface area contributed by atoms with Gasteiger partial charge in [-0.3, -0.25) is 9.59 Å². The fourth-order valence-electron chi connectivity index (χ4n) is 5.13. The Morgan fingerprint density at radius 3 is 2.59 bits per heavy atom. The Morgan fingerprint density at radius 1 is 1.21 bits per heavy atom. The molecule has 29 heavy (non-hydrogen) atoms. The number of carbonyl (C=O) groups is 1. The Morgan fingerprint density at radius 2 is 1.97 bits per heavy atom. The Labute approximate surface area is 170 Å². The third kappa shape index (κ3) is 3.82. The molecular weight excluding hydrogens is 370 g/mol. The number of benzene rings is 1. The van der Waals surface area contributed by atoms with Crippen molar-refractivity contribution in [2.45, 2.75) is 45.6 Å². The summed E-state index contributed by atoms with van der Waals surface area (Å²) in [6.07, 6.45) is 5.72. The normalized spacial score (nSPS) is 22.8. The lowest BCUT2D eigenvalue weighted by Crippen LogP contribution is -2.33. The molecule has 0 spiro atoms. The smallest absolute Gasteiger partial charge is 0.258 e. The highest BCUT2D eigenvalue weighted by Crippen LogP contribution is 2.49. The Balaban J connectivity index is 1.53. The average Bonchev–Trinajstić information content (AvgIpc) is 3.34. The molecule has 1 heterocycles. The van der Waals surface area contributed by atoms with Crippen LogP contribution < -0.4 is 15.0 Å². The van der Waals surface area contributed by atoms with Crippen molar-refractivity contribution in [3.63, 3.8) is 0 Å². The molecule has 2 bridgehead atoms. The summed E-state index contributed by atoms with van der Waals surface area (Å²) in [5.74, 6) is 3.72. The first kappa shape index (κ1) is 19.7. The molecule has 2 fully saturated rings. The summed E-state index contributed by atoms with van der Waals surface area (Å²) in [7, 11) is 3.07. The van der Waals surface area contributed by atoms with E-state index in [4.69, 9.17) is 9.47 Å². The molecule has 4 rings (SSSR count). The number of rotatable bonds is 7. The maximum atomic E-state index is 12.9. The van der Waals surface area contributed by atoms with Gasteiger partial charge in [0, 0.05) is 19.0 Å². The van der Waals surface area contributed by atoms with Crippen LogP contribution in [0.5, 0.6) is 11.5 Å². The Kier molecular flexibility index (Phi) is 5.48. The van der Waals surface area contributed by atoms with Gasteiger partial charge < -0.3 is 19.4 Å². The van der Waals surface area contributed by atoms with Gasteiger partial charge in [-0.1, -0.05) is 6.42 Å². The van der Waals surface area contributed by atoms with Crippen molar-refractivity contribution >= 4 is 16.8 Å². The third-order valence-corrected chi connectivity index (χ3v) is 6.66. The SMILES string of the molecule is CCN(Cc1nc2cc(OC)c(OC)cc2c(=O)[nH]1)C(=O)C[C@@H]1C[C@H]2CC[C@@H]1C2. The lowest BCUT2D eigenvalue weighted by atomic mass is 9.86. The van der Waals surface area contributed by atoms with Crippen LogP contribution in [0.4, 0.5) is 0 Å². The van der Waals surface area contributed by atoms with Crippen LogP contribution in [0.25, 0.3) is 10.9 Å². The van der Waals surface area contributed by atoms with E-state index in [1.807, 2.05) is 6.92 Å². The summed E-state index contributed by atoms with van der Waals surface area (Å²) in [4.78, 5) is 34.7. The van der Waals surface area contributed by atoms with Gasteiger partial charge in [0.1, 0.15) is 5.82 Å². The minimum absolute atomic E-state index is 0.153. The number of hydrogen-bond acceptors (Lipinski definition) is 5. The molecule has 7 nitrogen and oxygen atoms in total. The lowest BCUT2D eigenvalue weighted by Gasteiger charge is -2.26. The van der Waals surface area contributed by atoms with Gasteiger partial charge in [0.15, 0.2) is 11.5 Å². The second-order valence-electron chi connectivity index (χ2n) is 8.28. The highest BCUT2D eigenvalue weighted by atomic mass is 16.5. The van der Waals surface area contributed by atoms with Gasteiger partial charge in [-0.15, -0.1) is 0 Å². The predicted octanol–water partition coefficient (Wildman–Crippen LogP) is 3.12. The fourth-order valence-corrected chi connectivity index (χ4v) is 5.13. The molecule has 0 saturated heterocycles. The van der Waals surface area contributed by atoms with Crippen molar-refractivity contribution < 1.29 is 14.3 Å². The molecule has 2 aromatic rings. The van der Waals surface area contributed by atoms with E-state index in [1.54, 1.807) is 24.1 Å². The van der Waals surface area contributed by atoms with Crippen molar-refractivity contribution in [1.82, 2.24) is 14.9 Å². The first-order chi connectivity index (χ1) is 14.0. The number of methoxy groups -OCH3 is 2. The van der Waals surface area contributed by atoms with E-state index in [-0.39, 0.29) is 11.5 Å². The highest BCUT2D eigenvalue weighted by molar-refractivity contribution is 5.82. The first-order valence-electron chi connectivity index (χ1n) is 10.4. The molecule has 156 valence electrons. The third-order valence-electron chi connectivity index (χ3n) is 6.66. The predicted molar refractivity (Wildman–Crippen MR) is 110 cm³/mol. The van der Waals surface area contributed by atoms with E-state index in [9.17, 15) is 9.59 Å². The largest absolute Gasteiger partial charge is 0.493 e. The molecule has 1 aromatic heterocycles. The van der Waals surface area contributed by atoms with Crippen LogP contribution in [-0.2, 0) is 11.3 Å². The molecular formula is C22H29N3O4. The van der Waals surface area contributed by atoms with Crippen LogP contribution in [0.3, 0.4) is 0 Å². The number of fused-ring (bicyclic) bond motifs is 3. The monoisotopic (exact) mass is 399 g/mol. The van der Waals surface area contributed by atoms with Gasteiger partial charge in [-0.25, -0.2) is 4.98 Å². The molecule has 1 aromatic carbocycles. The van der Waals surface area contributed by atoms with Crippen LogP contribution in [0, 0.1) is 17.8 Å². The summed E-state index contributed by atoms with van der Waals surface area (Å²) in [5.41, 5.74) is 0.278. The summed E-state index contributed by atoms with van der Waals surface area (Å²) >= 11 is 0. The molecule has 1 N–H and O–H groups in total. The van der Waals surface area contributed by atoms with Crippen molar-refractivity contribution in [3.8, 4) is 11.5 Å². The summed E-state index contributed by atoms with van der Waals surface area (Å²) < 4.78 is 10.6. The van der Waals surface area contributed by atoms with E-state index < -0.39 is 0 Å². The maximum Gasteiger partial charge on any atom is 0.258 e. The number of H-pyrrole nitrogens is 1. The van der Waals surface area contributed by atoms with Crippen molar-refractivity contribution in [1.29, 1.82) is 0 Å². The Hall–Kier alpha value is -2.57. The second kappa shape index (κ2) is 8.05. The van der Waals surface area contributed by atoms with Crippen LogP contribution in [0.2, 0.25) is 0 Å². The van der Waals surface area contributed by atoms with Crippen LogP contribution >= 0.6 is 0 Å². The van der Waals surface area contributed by atoms with Gasteiger partial charge >= 0.3 is 0 Å². The van der Waals surface area contributed by atoms with Gasteiger partial charge in [-0.05, 0) is 50.0 Å². The van der Waals surface area contributed by atoms with Crippen molar-refractivity contribution in [2.24, 2.45) is 17.8 Å². The topological polar surface area (TPSA) is 84.5 Å². The second-order valence-corrected chi connectivity index (χ2v) is 8.28. The number of ether oxygens (including phenoxy) is 2. The molecule has 0 unspecified atom stereocenters. The van der Waals surface area contributed by atoms with Crippen molar-refractivity contribution in [3.05, 3.63) is 28.3 Å². The van der Waals surface area contributed by atoms with E-state index >= 15 is 0 Å². The standard InChI is InChI=1S/C22H29N3O4/c1-4-25(21(26)9-15-8-13-5-6-14(15)7-13)12-20-23-17-11-19(29-3)18(28-2)10-16(17)22(27)24-20/h10-11,13-15H,4-9,12H2,1-3H3,(H,23,24,27)/t13-,14+,15-/m0/s1. The van der Waals surface area contributed by atoms with E-state index in [1.165, 1.54) is 32.8 Å². The minimum Gasteiger partial charge on any atom is -0.493 e. The van der Waals surface area contributed by atoms with Gasteiger partial charge in [0.2, 0.25) is 5.91 Å². The van der Waals surface area contributed by atoms with Gasteiger partial charge in [0.05, 0.1) is 31.7 Å². The summed E-state index contributed by atoms with van der Waals surface area (Å²) in [5, 5.41) is 0.433. The molecule has 2 saturated carbocycles. The number of aromatic amines is 1. The molecule has 0 radical (unpaired) electrons. The zero-order valence-electron chi connectivity index (χ0n) is 17.4. The number of carbonyl (C=O) groups excluding carboxylic acids is 1. The van der Waals surface area contributed by atoms with Crippen LogP contribution in [0.15, 0.2) is 16.9 Å². The molecule has 1 amide bonds. The summed E-state index contributed by atoms with van der Waals surface area (Å²) in [6, 6.07) is 3.32. The Bertz CT molecular complexity index is 970. The molecule has 7 heteroatoms. The number of aromatic nitrogens is 2. The lowest BCUT2D eigenvalue weighted by molar-refractivity contribution is -0.133. The molecule has 2 aliphatic rings. The molecule has 3 atom stereocenters. The van der Waals surface area contributed by atoms with Crippen LogP contribution in [0.1, 0.15) is 44.9 Å². The minimum atomic E-state index is -0.248. The van der Waals surface area contributed by atoms with Gasteiger partial charge in [0.25, 0.3) is 5.56 Å². The van der Waals surface area contributed by atoms with Gasteiger partial charge in [-0.2, -0.15) is 0 Å². The van der Waals surface area contributed by atoms with E-state index in [2.05, 4.69) is 9.97 Å². The first-order valence-corrected chi connectivity index (χ1v) is 10.4.